The number of carbonyl (C=O) groups is 1. The SMILES string of the molecule is CC1(C)O[C@H]2O[C@H]([C@@H](CC[C@@H]3O[C@H](COCc4ccccc4)[C@@H](OCc4ccccc4)[C@H]3OCc3ccccc3)OC(=O)c3ccccc3)[C@H](OCc3ccccc3)[C@H]2O1. The normalized spacial score (nSPS) is 26.1. The highest BCUT2D eigenvalue weighted by Gasteiger charge is 2.58. The summed E-state index contributed by atoms with van der Waals surface area (Å²) in [6.45, 7) is 5.46. The van der Waals surface area contributed by atoms with Crippen molar-refractivity contribution in [3.8, 4) is 0 Å². The number of benzene rings is 5. The molecule has 8 rings (SSSR count). The van der Waals surface area contributed by atoms with Gasteiger partial charge in [0.2, 0.25) is 0 Å². The number of hydrogen-bond acceptors (Lipinski definition) is 10. The van der Waals surface area contributed by atoms with Crippen molar-refractivity contribution in [1.29, 1.82) is 0 Å². The van der Waals surface area contributed by atoms with Gasteiger partial charge in [-0.2, -0.15) is 0 Å². The summed E-state index contributed by atoms with van der Waals surface area (Å²) in [5.41, 5.74) is 4.56. The Hall–Kier alpha value is -4.75. The van der Waals surface area contributed by atoms with Crippen LogP contribution >= 0.6 is 0 Å². The summed E-state index contributed by atoms with van der Waals surface area (Å²) in [7, 11) is 0. The van der Waals surface area contributed by atoms with E-state index in [1.165, 1.54) is 0 Å². The van der Waals surface area contributed by atoms with Crippen molar-refractivity contribution in [2.75, 3.05) is 6.61 Å². The summed E-state index contributed by atoms with van der Waals surface area (Å²) in [5, 5.41) is 0. The molecular formula is C50H54O10. The zero-order valence-electron chi connectivity index (χ0n) is 34.2. The van der Waals surface area contributed by atoms with Crippen LogP contribution in [0.1, 0.15) is 59.3 Å². The fraction of sp³-hybridized carbons (Fsp3) is 0.380. The molecule has 5 aromatic carbocycles. The van der Waals surface area contributed by atoms with Crippen molar-refractivity contribution >= 4 is 5.97 Å². The maximum atomic E-state index is 13.9. The smallest absolute Gasteiger partial charge is 0.338 e. The van der Waals surface area contributed by atoms with Gasteiger partial charge in [-0.1, -0.05) is 140 Å². The van der Waals surface area contributed by atoms with Crippen LogP contribution in [-0.2, 0) is 69.1 Å². The zero-order chi connectivity index (χ0) is 41.2. The first-order valence-electron chi connectivity index (χ1n) is 20.9. The summed E-state index contributed by atoms with van der Waals surface area (Å²) in [6.07, 6.45) is -4.39. The molecule has 0 unspecified atom stereocenters. The lowest BCUT2D eigenvalue weighted by Gasteiger charge is -2.32. The lowest BCUT2D eigenvalue weighted by molar-refractivity contribution is -0.231. The quantitative estimate of drug-likeness (QED) is 0.0754. The van der Waals surface area contributed by atoms with Crippen molar-refractivity contribution in [1.82, 2.24) is 0 Å². The molecule has 0 spiro atoms. The maximum Gasteiger partial charge on any atom is 0.338 e. The number of carbonyl (C=O) groups excluding carboxylic acids is 1. The summed E-state index contributed by atoms with van der Waals surface area (Å²) in [5.74, 6) is -1.34. The van der Waals surface area contributed by atoms with Crippen molar-refractivity contribution in [2.24, 2.45) is 0 Å². The molecule has 0 amide bonds. The number of ether oxygens (including phenoxy) is 9. The lowest BCUT2D eigenvalue weighted by Crippen LogP contribution is -2.45. The average molecular weight is 815 g/mol. The van der Waals surface area contributed by atoms with Crippen molar-refractivity contribution < 1.29 is 47.4 Å². The average Bonchev–Trinajstić information content (AvgIpc) is 3.90. The molecule has 3 heterocycles. The van der Waals surface area contributed by atoms with Gasteiger partial charge in [0.05, 0.1) is 44.7 Å². The molecular weight excluding hydrogens is 761 g/mol. The van der Waals surface area contributed by atoms with Crippen LogP contribution in [0.4, 0.5) is 0 Å². The first-order valence-corrected chi connectivity index (χ1v) is 20.9. The second-order valence-corrected chi connectivity index (χ2v) is 16.0. The minimum absolute atomic E-state index is 0.289. The fourth-order valence-electron chi connectivity index (χ4n) is 8.13. The first kappa shape index (κ1) is 42.0. The molecule has 10 heteroatoms. The Bertz CT molecular complexity index is 2030. The van der Waals surface area contributed by atoms with Crippen LogP contribution in [0.5, 0.6) is 0 Å². The van der Waals surface area contributed by atoms with Crippen LogP contribution in [0.3, 0.4) is 0 Å². The van der Waals surface area contributed by atoms with E-state index in [0.717, 1.165) is 22.3 Å². The standard InChI is InChI=1S/C50H54O10/c1-50(2)59-47-46(55-33-38-24-14-6-15-25-38)45(58-49(47)60-50)41(57-48(51)39-26-16-7-17-27-39)29-28-40-43(53-31-36-20-10-4-11-21-36)44(54-32-37-22-12-5-13-23-37)42(56-40)34-52-30-35-18-8-3-9-19-35/h3-27,40-47,49H,28-34H2,1-2H3/t40-,41+,42+,43-,44+,45+,46-,47+,49+/m0/s1. The third kappa shape index (κ3) is 10.9. The molecule has 3 fully saturated rings. The second-order valence-electron chi connectivity index (χ2n) is 16.0. The van der Waals surface area contributed by atoms with E-state index in [1.54, 1.807) is 12.1 Å². The molecule has 0 saturated carbocycles. The second kappa shape index (κ2) is 20.2. The van der Waals surface area contributed by atoms with Gasteiger partial charge < -0.3 is 42.6 Å². The molecule has 3 aliphatic rings. The van der Waals surface area contributed by atoms with Crippen LogP contribution in [-0.4, -0.2) is 73.5 Å². The molecule has 0 bridgehead atoms. The maximum absolute atomic E-state index is 13.9. The topological polar surface area (TPSA) is 100 Å². The molecule has 0 aliphatic carbocycles. The monoisotopic (exact) mass is 814 g/mol. The first-order chi connectivity index (χ1) is 29.4. The van der Waals surface area contributed by atoms with Gasteiger partial charge in [0.25, 0.3) is 0 Å². The van der Waals surface area contributed by atoms with Crippen LogP contribution in [0.15, 0.2) is 152 Å². The van der Waals surface area contributed by atoms with Gasteiger partial charge in [-0.3, -0.25) is 0 Å². The minimum atomic E-state index is -0.877. The third-order valence-electron chi connectivity index (χ3n) is 11.1. The van der Waals surface area contributed by atoms with E-state index < -0.39 is 66.9 Å². The highest BCUT2D eigenvalue weighted by Crippen LogP contribution is 2.42. The molecule has 10 nitrogen and oxygen atoms in total. The van der Waals surface area contributed by atoms with Gasteiger partial charge in [0, 0.05) is 0 Å². The van der Waals surface area contributed by atoms with Crippen LogP contribution in [0.2, 0.25) is 0 Å². The predicted octanol–water partition coefficient (Wildman–Crippen LogP) is 8.61. The van der Waals surface area contributed by atoms with Gasteiger partial charge in [0.15, 0.2) is 12.1 Å². The largest absolute Gasteiger partial charge is 0.456 e. The van der Waals surface area contributed by atoms with E-state index in [0.29, 0.717) is 44.8 Å². The Morgan fingerprint density at radius 3 is 1.57 bits per heavy atom. The van der Waals surface area contributed by atoms with E-state index in [4.69, 9.17) is 42.6 Å². The van der Waals surface area contributed by atoms with E-state index in [9.17, 15) is 4.79 Å². The fourth-order valence-corrected chi connectivity index (χ4v) is 8.13. The number of hydrogen-bond donors (Lipinski definition) is 0. The minimum Gasteiger partial charge on any atom is -0.456 e. The Labute approximate surface area is 352 Å². The molecule has 3 saturated heterocycles. The molecule has 0 radical (unpaired) electrons. The third-order valence-corrected chi connectivity index (χ3v) is 11.1. The highest BCUT2D eigenvalue weighted by molar-refractivity contribution is 5.89. The van der Waals surface area contributed by atoms with E-state index in [1.807, 2.05) is 153 Å². The Balaban J connectivity index is 1.06. The summed E-state index contributed by atoms with van der Waals surface area (Å²) in [6, 6.07) is 49.1. The summed E-state index contributed by atoms with van der Waals surface area (Å²) < 4.78 is 59.0. The van der Waals surface area contributed by atoms with Gasteiger partial charge in [0.1, 0.15) is 42.7 Å². The Morgan fingerprint density at radius 2 is 1.03 bits per heavy atom. The Kier molecular flexibility index (Phi) is 14.1. The van der Waals surface area contributed by atoms with Crippen LogP contribution in [0.25, 0.3) is 0 Å². The Morgan fingerprint density at radius 1 is 0.567 bits per heavy atom. The van der Waals surface area contributed by atoms with Crippen molar-refractivity contribution in [2.45, 2.75) is 114 Å². The van der Waals surface area contributed by atoms with E-state index in [2.05, 4.69) is 0 Å². The lowest BCUT2D eigenvalue weighted by atomic mass is 9.97. The predicted molar refractivity (Wildman–Crippen MR) is 223 cm³/mol. The van der Waals surface area contributed by atoms with Gasteiger partial charge in [-0.05, 0) is 61.1 Å². The van der Waals surface area contributed by atoms with Gasteiger partial charge in [-0.15, -0.1) is 0 Å². The molecule has 60 heavy (non-hydrogen) atoms. The van der Waals surface area contributed by atoms with Crippen LogP contribution < -0.4 is 0 Å². The van der Waals surface area contributed by atoms with Crippen LogP contribution in [0, 0.1) is 0 Å². The summed E-state index contributed by atoms with van der Waals surface area (Å²) >= 11 is 0. The molecule has 314 valence electrons. The molecule has 0 N–H and O–H groups in total. The van der Waals surface area contributed by atoms with E-state index >= 15 is 0 Å². The number of rotatable bonds is 19. The highest BCUT2D eigenvalue weighted by atomic mass is 16.8. The molecule has 3 aliphatic heterocycles. The van der Waals surface area contributed by atoms with Crippen molar-refractivity contribution in [3.05, 3.63) is 179 Å². The number of fused-ring (bicyclic) bond motifs is 1. The van der Waals surface area contributed by atoms with Gasteiger partial charge in [-0.25, -0.2) is 4.79 Å². The van der Waals surface area contributed by atoms with E-state index in [-0.39, 0.29) is 6.61 Å². The zero-order valence-corrected chi connectivity index (χ0v) is 34.2. The van der Waals surface area contributed by atoms with Gasteiger partial charge >= 0.3 is 5.97 Å². The molecule has 5 aromatic rings. The molecule has 9 atom stereocenters. The summed E-state index contributed by atoms with van der Waals surface area (Å²) in [4.78, 5) is 13.9. The molecule has 0 aromatic heterocycles. The number of esters is 1. The van der Waals surface area contributed by atoms with Crippen molar-refractivity contribution in [3.63, 3.8) is 0 Å².